The monoisotopic (exact) mass is 266 g/mol. The Balaban J connectivity index is 3.02. The summed E-state index contributed by atoms with van der Waals surface area (Å²) in [6.07, 6.45) is -13.1. The topological polar surface area (TPSA) is 40.5 Å². The highest BCUT2D eigenvalue weighted by atomic mass is 19.4. The van der Waals surface area contributed by atoms with Crippen LogP contribution >= 0.6 is 0 Å². The van der Waals surface area contributed by atoms with Crippen LogP contribution < -0.4 is 0 Å². The molecular formula is C9H12F6O2. The van der Waals surface area contributed by atoms with Crippen molar-refractivity contribution in [2.45, 2.75) is 55.7 Å². The van der Waals surface area contributed by atoms with Crippen LogP contribution in [0.4, 0.5) is 26.3 Å². The summed E-state index contributed by atoms with van der Waals surface area (Å²) in [5.41, 5.74) is -3.36. The van der Waals surface area contributed by atoms with E-state index < -0.39 is 36.4 Å². The van der Waals surface area contributed by atoms with Crippen molar-refractivity contribution in [1.82, 2.24) is 0 Å². The molecule has 8 heteroatoms. The molecule has 3 unspecified atom stereocenters. The second kappa shape index (κ2) is 4.31. The van der Waals surface area contributed by atoms with Gasteiger partial charge in [0.05, 0.1) is 6.10 Å². The first kappa shape index (κ1) is 14.6. The number of aliphatic hydroxyl groups excluding tert-OH is 1. The first-order valence-electron chi connectivity index (χ1n) is 5.02. The van der Waals surface area contributed by atoms with Gasteiger partial charge in [-0.2, -0.15) is 22.0 Å². The minimum atomic E-state index is -5.78. The number of hydrogen-bond acceptors (Lipinski definition) is 2. The zero-order valence-corrected chi connectivity index (χ0v) is 8.65. The number of halogens is 6. The van der Waals surface area contributed by atoms with E-state index in [1.807, 2.05) is 0 Å². The van der Waals surface area contributed by atoms with E-state index in [0.717, 1.165) is 0 Å². The molecule has 0 radical (unpaired) electrons. The number of aliphatic hydroxyl groups is 2. The van der Waals surface area contributed by atoms with Gasteiger partial charge in [0.15, 0.2) is 5.60 Å². The van der Waals surface area contributed by atoms with E-state index in [-0.39, 0.29) is 12.8 Å². The van der Waals surface area contributed by atoms with Crippen molar-refractivity contribution in [3.63, 3.8) is 0 Å². The Kier molecular flexibility index (Phi) is 3.69. The third kappa shape index (κ3) is 2.37. The van der Waals surface area contributed by atoms with Crippen LogP contribution in [0.5, 0.6) is 0 Å². The smallest absolute Gasteiger partial charge is 0.390 e. The molecular weight excluding hydrogens is 254 g/mol. The lowest BCUT2D eigenvalue weighted by Gasteiger charge is -2.43. The Morgan fingerprint density at radius 3 is 2.06 bits per heavy atom. The summed E-state index contributed by atoms with van der Waals surface area (Å²) >= 11 is 0. The fourth-order valence-corrected chi connectivity index (χ4v) is 1.95. The lowest BCUT2D eigenvalue weighted by molar-refractivity contribution is -0.315. The summed E-state index contributed by atoms with van der Waals surface area (Å²) in [5.74, 6) is -5.06. The molecule has 1 saturated carbocycles. The molecule has 0 aliphatic heterocycles. The molecule has 102 valence electrons. The molecule has 1 aliphatic rings. The molecule has 17 heavy (non-hydrogen) atoms. The van der Waals surface area contributed by atoms with Crippen LogP contribution in [0.1, 0.15) is 25.7 Å². The molecule has 0 spiro atoms. The van der Waals surface area contributed by atoms with E-state index in [4.69, 9.17) is 0 Å². The largest absolute Gasteiger partial charge is 0.425 e. The highest BCUT2D eigenvalue weighted by Crippen LogP contribution is 2.47. The van der Waals surface area contributed by atoms with Gasteiger partial charge < -0.3 is 10.2 Å². The van der Waals surface area contributed by atoms with E-state index in [1.165, 1.54) is 0 Å². The second-order valence-corrected chi connectivity index (χ2v) is 4.21. The molecule has 0 aromatic carbocycles. The summed E-state index contributed by atoms with van der Waals surface area (Å²) in [4.78, 5) is 0. The first-order valence-corrected chi connectivity index (χ1v) is 5.02. The number of rotatable bonds is 2. The van der Waals surface area contributed by atoms with Crippen molar-refractivity contribution in [1.29, 1.82) is 0 Å². The van der Waals surface area contributed by atoms with Crippen LogP contribution in [0.2, 0.25) is 0 Å². The van der Waals surface area contributed by atoms with E-state index >= 15 is 0 Å². The molecule has 0 aromatic heterocycles. The van der Waals surface area contributed by atoms with Crippen LogP contribution in [0.3, 0.4) is 0 Å². The van der Waals surface area contributed by atoms with Gasteiger partial charge >= 0.3 is 12.1 Å². The molecule has 0 heterocycles. The Morgan fingerprint density at radius 1 is 1.12 bits per heavy atom. The highest BCUT2D eigenvalue weighted by molar-refractivity contribution is 5.05. The van der Waals surface area contributed by atoms with E-state index in [0.29, 0.717) is 6.42 Å². The quantitative estimate of drug-likeness (QED) is 0.752. The maximum atomic E-state index is 13.3. The van der Waals surface area contributed by atoms with Gasteiger partial charge in [0.1, 0.15) is 0 Å². The third-order valence-electron chi connectivity index (χ3n) is 3.02. The van der Waals surface area contributed by atoms with Gasteiger partial charge in [0.2, 0.25) is 0 Å². The molecule has 1 fully saturated rings. The van der Waals surface area contributed by atoms with Gasteiger partial charge in [-0.15, -0.1) is 0 Å². The fraction of sp³-hybridized carbons (Fsp3) is 1.00. The van der Waals surface area contributed by atoms with Crippen LogP contribution in [-0.2, 0) is 0 Å². The Labute approximate surface area is 93.2 Å². The Bertz CT molecular complexity index is 279. The van der Waals surface area contributed by atoms with Crippen molar-refractivity contribution >= 4 is 0 Å². The lowest BCUT2D eigenvalue weighted by atomic mass is 9.76. The first-order chi connectivity index (χ1) is 7.53. The minimum absolute atomic E-state index is 0.00767. The zero-order valence-electron chi connectivity index (χ0n) is 8.65. The molecule has 2 nitrogen and oxygen atoms in total. The van der Waals surface area contributed by atoms with Crippen molar-refractivity contribution in [2.24, 2.45) is 0 Å². The summed E-state index contributed by atoms with van der Waals surface area (Å²) in [6.45, 7) is 0. The number of hydrogen-bond donors (Lipinski definition) is 2. The van der Waals surface area contributed by atoms with Crippen molar-refractivity contribution in [3.8, 4) is 0 Å². The normalized spacial score (nSPS) is 33.5. The fourth-order valence-electron chi connectivity index (χ4n) is 1.95. The Hall–Kier alpha value is -0.500. The van der Waals surface area contributed by atoms with Crippen LogP contribution in [0, 0.1) is 0 Å². The van der Waals surface area contributed by atoms with Crippen LogP contribution in [-0.4, -0.2) is 40.2 Å². The van der Waals surface area contributed by atoms with Gasteiger partial charge in [-0.1, -0.05) is 12.8 Å². The van der Waals surface area contributed by atoms with Crippen molar-refractivity contribution in [3.05, 3.63) is 0 Å². The summed E-state index contributed by atoms with van der Waals surface area (Å²) in [6, 6.07) is 0. The summed E-state index contributed by atoms with van der Waals surface area (Å²) in [7, 11) is 0. The SMILES string of the molecule is OC1CCCCC1(O)C(F)(F)C(F)C(F)(F)F. The van der Waals surface area contributed by atoms with E-state index in [9.17, 15) is 36.6 Å². The van der Waals surface area contributed by atoms with Gasteiger partial charge in [-0.25, -0.2) is 4.39 Å². The van der Waals surface area contributed by atoms with Crippen LogP contribution in [0.15, 0.2) is 0 Å². The van der Waals surface area contributed by atoms with Gasteiger partial charge in [0.25, 0.3) is 6.17 Å². The average Bonchev–Trinajstić information content (AvgIpc) is 2.19. The second-order valence-electron chi connectivity index (χ2n) is 4.21. The molecule has 3 atom stereocenters. The molecule has 0 aromatic rings. The molecule has 1 aliphatic carbocycles. The number of alkyl halides is 6. The lowest BCUT2D eigenvalue weighted by Crippen LogP contribution is -2.64. The minimum Gasteiger partial charge on any atom is -0.390 e. The van der Waals surface area contributed by atoms with Gasteiger partial charge in [-0.3, -0.25) is 0 Å². The molecule has 0 amide bonds. The predicted octanol–water partition coefficient (Wildman–Crippen LogP) is 2.19. The van der Waals surface area contributed by atoms with E-state index in [2.05, 4.69) is 0 Å². The Morgan fingerprint density at radius 2 is 1.65 bits per heavy atom. The van der Waals surface area contributed by atoms with E-state index in [1.54, 1.807) is 0 Å². The average molecular weight is 266 g/mol. The van der Waals surface area contributed by atoms with Crippen LogP contribution in [0.25, 0.3) is 0 Å². The van der Waals surface area contributed by atoms with Gasteiger partial charge in [0, 0.05) is 0 Å². The summed E-state index contributed by atoms with van der Waals surface area (Å²) < 4.78 is 75.2. The summed E-state index contributed by atoms with van der Waals surface area (Å²) in [5, 5.41) is 18.7. The maximum Gasteiger partial charge on any atom is 0.425 e. The highest BCUT2D eigenvalue weighted by Gasteiger charge is 2.69. The van der Waals surface area contributed by atoms with Crippen molar-refractivity contribution < 1.29 is 36.6 Å². The third-order valence-corrected chi connectivity index (χ3v) is 3.02. The molecule has 0 saturated heterocycles. The van der Waals surface area contributed by atoms with Crippen molar-refractivity contribution in [2.75, 3.05) is 0 Å². The predicted molar refractivity (Wildman–Crippen MR) is 45.3 cm³/mol. The maximum absolute atomic E-state index is 13.3. The zero-order chi connectivity index (χ0) is 13.5. The molecule has 0 bridgehead atoms. The van der Waals surface area contributed by atoms with Gasteiger partial charge in [-0.05, 0) is 12.8 Å². The standard InChI is InChI=1S/C9H12F6O2/c10-6(9(13,14)15)8(11,12)7(17)4-2-1-3-5(7)16/h5-6,16-17H,1-4H2. The molecule has 1 rings (SSSR count). The molecule has 2 N–H and O–H groups in total.